The van der Waals surface area contributed by atoms with Crippen LogP contribution in [0.1, 0.15) is 40.4 Å². The second-order valence-electron chi connectivity index (χ2n) is 7.72. The van der Waals surface area contributed by atoms with Gasteiger partial charge in [-0.25, -0.2) is 9.97 Å². The van der Waals surface area contributed by atoms with Gasteiger partial charge >= 0.3 is 0 Å². The van der Waals surface area contributed by atoms with Crippen LogP contribution in [0.5, 0.6) is 0 Å². The Balaban J connectivity index is 2.88. The van der Waals surface area contributed by atoms with Gasteiger partial charge in [0, 0.05) is 31.6 Å². The minimum atomic E-state index is -0.0670. The van der Waals surface area contributed by atoms with E-state index in [0.717, 1.165) is 30.5 Å². The zero-order valence-corrected chi connectivity index (χ0v) is 14.8. The molecule has 21 heavy (non-hydrogen) atoms. The molecule has 0 amide bonds. The molecule has 1 heterocycles. The highest BCUT2D eigenvalue weighted by Gasteiger charge is 2.21. The van der Waals surface area contributed by atoms with Gasteiger partial charge in [0.15, 0.2) is 0 Å². The molecular formula is C16H31N5. The molecule has 0 aliphatic rings. The van der Waals surface area contributed by atoms with E-state index in [4.69, 9.17) is 0 Å². The Labute approximate surface area is 129 Å². The Morgan fingerprint density at radius 3 is 2.10 bits per heavy atom. The van der Waals surface area contributed by atoms with Gasteiger partial charge in [-0.1, -0.05) is 34.6 Å². The summed E-state index contributed by atoms with van der Waals surface area (Å²) in [5.74, 6) is 2.58. The van der Waals surface area contributed by atoms with Crippen molar-refractivity contribution in [3.63, 3.8) is 0 Å². The van der Waals surface area contributed by atoms with Gasteiger partial charge < -0.3 is 15.5 Å². The lowest BCUT2D eigenvalue weighted by Crippen LogP contribution is -2.34. The summed E-state index contributed by atoms with van der Waals surface area (Å²) in [4.78, 5) is 11.4. The average Bonchev–Trinajstić information content (AvgIpc) is 2.33. The maximum absolute atomic E-state index is 4.66. The molecule has 0 fully saturated rings. The Morgan fingerprint density at radius 1 is 1.05 bits per heavy atom. The van der Waals surface area contributed by atoms with Gasteiger partial charge in [0.05, 0.1) is 0 Å². The molecule has 0 radical (unpaired) electrons. The Hall–Kier alpha value is -1.36. The monoisotopic (exact) mass is 293 g/mol. The molecule has 0 saturated carbocycles. The van der Waals surface area contributed by atoms with Crippen molar-refractivity contribution in [2.24, 2.45) is 5.41 Å². The Bertz CT molecular complexity index is 460. The largest absolute Gasteiger partial charge is 0.373 e. The van der Waals surface area contributed by atoms with E-state index >= 15 is 0 Å². The van der Waals surface area contributed by atoms with Gasteiger partial charge in [-0.2, -0.15) is 0 Å². The smallest absolute Gasteiger partial charge is 0.138 e. The summed E-state index contributed by atoms with van der Waals surface area (Å²) >= 11 is 0. The van der Waals surface area contributed by atoms with Gasteiger partial charge in [0.1, 0.15) is 17.5 Å². The second-order valence-corrected chi connectivity index (χ2v) is 7.72. The lowest BCUT2D eigenvalue weighted by molar-refractivity contribution is 0.254. The lowest BCUT2D eigenvalue weighted by Gasteiger charge is -2.29. The van der Waals surface area contributed by atoms with Crippen molar-refractivity contribution in [2.75, 3.05) is 44.9 Å². The summed E-state index contributed by atoms with van der Waals surface area (Å²) < 4.78 is 0. The van der Waals surface area contributed by atoms with E-state index < -0.39 is 0 Å². The molecule has 0 saturated heterocycles. The zero-order chi connectivity index (χ0) is 16.3. The fraction of sp³-hybridized carbons (Fsp3) is 0.750. The molecule has 0 unspecified atom stereocenters. The van der Waals surface area contributed by atoms with Gasteiger partial charge in [-0.05, 0) is 19.5 Å². The molecule has 0 bridgehead atoms. The summed E-state index contributed by atoms with van der Waals surface area (Å²) in [5.41, 5.74) is 0.110. The molecule has 0 aromatic carbocycles. The third-order valence-electron chi connectivity index (χ3n) is 3.15. The van der Waals surface area contributed by atoms with E-state index in [1.165, 1.54) is 0 Å². The summed E-state index contributed by atoms with van der Waals surface area (Å²) in [6, 6.07) is 1.96. The number of hydrogen-bond acceptors (Lipinski definition) is 5. The molecular weight excluding hydrogens is 262 g/mol. The summed E-state index contributed by atoms with van der Waals surface area (Å²) in [5, 5.41) is 6.57. The predicted octanol–water partition coefficient (Wildman–Crippen LogP) is 2.82. The quantitative estimate of drug-likeness (QED) is 0.844. The number of rotatable bonds is 6. The van der Waals surface area contributed by atoms with E-state index in [1.54, 1.807) is 0 Å². The van der Waals surface area contributed by atoms with Crippen molar-refractivity contribution in [2.45, 2.75) is 40.0 Å². The standard InChI is InChI=1S/C16H31N5/c1-15(2,3)14-19-12(17-6)9-13(20-14)18-10-16(4,5)11-21(7)8/h9H,10-11H2,1-8H3,(H2,17,18,19,20). The number of anilines is 2. The molecule has 1 aromatic rings. The van der Waals surface area contributed by atoms with Crippen LogP contribution in [0.3, 0.4) is 0 Å². The number of nitrogens with one attached hydrogen (secondary N) is 2. The first-order chi connectivity index (χ1) is 9.53. The van der Waals surface area contributed by atoms with E-state index in [0.29, 0.717) is 0 Å². The maximum atomic E-state index is 4.66. The molecule has 1 rings (SSSR count). The van der Waals surface area contributed by atoms with Gasteiger partial charge in [-0.3, -0.25) is 0 Å². The van der Waals surface area contributed by atoms with Crippen molar-refractivity contribution in [1.82, 2.24) is 14.9 Å². The van der Waals surface area contributed by atoms with Gasteiger partial charge in [0.2, 0.25) is 0 Å². The lowest BCUT2D eigenvalue weighted by atomic mass is 9.93. The molecule has 120 valence electrons. The molecule has 2 N–H and O–H groups in total. The molecule has 0 aliphatic carbocycles. The van der Waals surface area contributed by atoms with Crippen LogP contribution in [0.4, 0.5) is 11.6 Å². The van der Waals surface area contributed by atoms with Crippen molar-refractivity contribution in [3.8, 4) is 0 Å². The molecule has 5 heteroatoms. The van der Waals surface area contributed by atoms with Crippen LogP contribution >= 0.6 is 0 Å². The number of hydrogen-bond donors (Lipinski definition) is 2. The van der Waals surface area contributed by atoms with Crippen LogP contribution < -0.4 is 10.6 Å². The first kappa shape index (κ1) is 17.7. The predicted molar refractivity (Wildman–Crippen MR) is 91.1 cm³/mol. The van der Waals surface area contributed by atoms with Crippen LogP contribution in [0.25, 0.3) is 0 Å². The minimum absolute atomic E-state index is 0.0670. The van der Waals surface area contributed by atoms with Crippen molar-refractivity contribution >= 4 is 11.6 Å². The minimum Gasteiger partial charge on any atom is -0.373 e. The van der Waals surface area contributed by atoms with Gasteiger partial charge in [0.25, 0.3) is 0 Å². The number of nitrogens with zero attached hydrogens (tertiary/aromatic N) is 3. The average molecular weight is 293 g/mol. The second kappa shape index (κ2) is 6.60. The summed E-state index contributed by atoms with van der Waals surface area (Å²) in [6.45, 7) is 12.8. The summed E-state index contributed by atoms with van der Waals surface area (Å²) in [6.07, 6.45) is 0. The molecule has 0 aliphatic heterocycles. The zero-order valence-electron chi connectivity index (χ0n) is 14.8. The molecule has 5 nitrogen and oxygen atoms in total. The molecule has 1 aromatic heterocycles. The van der Waals surface area contributed by atoms with Crippen LogP contribution in [0, 0.1) is 5.41 Å². The summed E-state index contributed by atoms with van der Waals surface area (Å²) in [7, 11) is 6.08. The molecule has 0 spiro atoms. The van der Waals surface area contributed by atoms with E-state index in [2.05, 4.69) is 74.2 Å². The first-order valence-electron chi connectivity index (χ1n) is 7.49. The van der Waals surface area contributed by atoms with Crippen molar-refractivity contribution in [3.05, 3.63) is 11.9 Å². The maximum Gasteiger partial charge on any atom is 0.138 e. The topological polar surface area (TPSA) is 53.1 Å². The fourth-order valence-electron chi connectivity index (χ4n) is 2.24. The van der Waals surface area contributed by atoms with Crippen molar-refractivity contribution < 1.29 is 0 Å². The normalized spacial score (nSPS) is 12.6. The third-order valence-corrected chi connectivity index (χ3v) is 3.15. The van der Waals surface area contributed by atoms with E-state index in [-0.39, 0.29) is 10.8 Å². The number of aromatic nitrogens is 2. The van der Waals surface area contributed by atoms with E-state index in [9.17, 15) is 0 Å². The van der Waals surface area contributed by atoms with Crippen LogP contribution in [-0.2, 0) is 5.41 Å². The Kier molecular flexibility index (Phi) is 5.56. The van der Waals surface area contributed by atoms with Crippen LogP contribution in [0.15, 0.2) is 6.07 Å². The molecule has 0 atom stereocenters. The van der Waals surface area contributed by atoms with Gasteiger partial charge in [-0.15, -0.1) is 0 Å². The van der Waals surface area contributed by atoms with Crippen LogP contribution in [0.2, 0.25) is 0 Å². The Morgan fingerprint density at radius 2 is 1.62 bits per heavy atom. The first-order valence-corrected chi connectivity index (χ1v) is 7.49. The van der Waals surface area contributed by atoms with E-state index in [1.807, 2.05) is 13.1 Å². The SMILES string of the molecule is CNc1cc(NCC(C)(C)CN(C)C)nc(C(C)(C)C)n1. The van der Waals surface area contributed by atoms with Crippen molar-refractivity contribution in [1.29, 1.82) is 0 Å². The fourth-order valence-corrected chi connectivity index (χ4v) is 2.24. The third kappa shape index (κ3) is 5.87. The highest BCUT2D eigenvalue weighted by molar-refractivity contribution is 5.48. The highest BCUT2D eigenvalue weighted by atomic mass is 15.1. The highest BCUT2D eigenvalue weighted by Crippen LogP contribution is 2.23. The van der Waals surface area contributed by atoms with Crippen LogP contribution in [-0.4, -0.2) is 49.1 Å².